The Morgan fingerprint density at radius 1 is 1.56 bits per heavy atom. The minimum Gasteiger partial charge on any atom is -0.312 e. The number of rotatable bonds is 2. The van der Waals surface area contributed by atoms with Crippen molar-refractivity contribution in [3.05, 3.63) is 21.1 Å². The molecule has 0 aliphatic carbocycles. The lowest BCUT2D eigenvalue weighted by Gasteiger charge is -2.26. The number of nitrogens with zero attached hydrogens (tertiary/aromatic N) is 3. The van der Waals surface area contributed by atoms with Gasteiger partial charge in [-0.3, -0.25) is 0 Å². The van der Waals surface area contributed by atoms with E-state index >= 15 is 0 Å². The molecule has 0 amide bonds. The van der Waals surface area contributed by atoms with Crippen molar-refractivity contribution in [3.63, 3.8) is 0 Å². The maximum atomic E-state index is 5.99. The van der Waals surface area contributed by atoms with Crippen LogP contribution in [0.2, 0.25) is 4.34 Å². The van der Waals surface area contributed by atoms with Gasteiger partial charge in [0.2, 0.25) is 0 Å². The second kappa shape index (κ2) is 4.10. The summed E-state index contributed by atoms with van der Waals surface area (Å²) < 4.78 is 3.57. The molecular weight excluding hydrogens is 312 g/mol. The number of thiophene rings is 1. The first-order chi connectivity index (χ1) is 7.74. The summed E-state index contributed by atoms with van der Waals surface area (Å²) in [7, 11) is 0. The van der Waals surface area contributed by atoms with Crippen molar-refractivity contribution in [2.75, 3.05) is 13.1 Å². The van der Waals surface area contributed by atoms with E-state index in [4.69, 9.17) is 11.6 Å². The largest absolute Gasteiger partial charge is 0.312 e. The molecule has 2 aromatic rings. The molecule has 4 nitrogen and oxygen atoms in total. The number of aromatic nitrogens is 3. The SMILES string of the molecule is Clc1sc(-c2cn(C3CNC3)nn2)cc1Br. The Labute approximate surface area is 110 Å². The van der Waals surface area contributed by atoms with Crippen LogP contribution >= 0.6 is 38.9 Å². The molecule has 7 heteroatoms. The van der Waals surface area contributed by atoms with Crippen molar-refractivity contribution in [1.82, 2.24) is 20.3 Å². The minimum absolute atomic E-state index is 0.445. The third-order valence-corrected chi connectivity index (χ3v) is 5.04. The average Bonchev–Trinajstić information content (AvgIpc) is 2.73. The van der Waals surface area contributed by atoms with Crippen molar-refractivity contribution in [3.8, 4) is 10.6 Å². The van der Waals surface area contributed by atoms with Gasteiger partial charge >= 0.3 is 0 Å². The molecule has 1 aliphatic heterocycles. The molecule has 0 saturated carbocycles. The third kappa shape index (κ3) is 1.79. The molecule has 3 rings (SSSR count). The smallest absolute Gasteiger partial charge is 0.123 e. The lowest BCUT2D eigenvalue weighted by Crippen LogP contribution is -2.43. The fraction of sp³-hybridized carbons (Fsp3) is 0.333. The number of nitrogens with one attached hydrogen (secondary N) is 1. The molecule has 0 bridgehead atoms. The van der Waals surface area contributed by atoms with Crippen LogP contribution in [0.1, 0.15) is 6.04 Å². The monoisotopic (exact) mass is 318 g/mol. The highest BCUT2D eigenvalue weighted by Gasteiger charge is 2.20. The van der Waals surface area contributed by atoms with Crippen LogP contribution in [0.15, 0.2) is 16.7 Å². The highest BCUT2D eigenvalue weighted by atomic mass is 79.9. The van der Waals surface area contributed by atoms with Crippen molar-refractivity contribution < 1.29 is 0 Å². The van der Waals surface area contributed by atoms with Crippen molar-refractivity contribution in [2.24, 2.45) is 0 Å². The van der Waals surface area contributed by atoms with E-state index in [1.165, 1.54) is 11.3 Å². The average molecular weight is 320 g/mol. The van der Waals surface area contributed by atoms with Gasteiger partial charge in [0.25, 0.3) is 0 Å². The van der Waals surface area contributed by atoms with E-state index < -0.39 is 0 Å². The van der Waals surface area contributed by atoms with Crippen LogP contribution in [0.4, 0.5) is 0 Å². The van der Waals surface area contributed by atoms with Gasteiger partial charge in [-0.1, -0.05) is 16.8 Å². The lowest BCUT2D eigenvalue weighted by atomic mass is 10.2. The standard InChI is InChI=1S/C9H8BrClN4S/c10-6-1-8(16-9(6)11)7-4-15(14-13-7)5-2-12-3-5/h1,4-5,12H,2-3H2. The van der Waals surface area contributed by atoms with E-state index in [2.05, 4.69) is 31.6 Å². The summed E-state index contributed by atoms with van der Waals surface area (Å²) in [5.41, 5.74) is 0.879. The van der Waals surface area contributed by atoms with Crippen molar-refractivity contribution in [1.29, 1.82) is 0 Å². The highest BCUT2D eigenvalue weighted by molar-refractivity contribution is 9.10. The van der Waals surface area contributed by atoms with Crippen LogP contribution in [0, 0.1) is 0 Å². The van der Waals surface area contributed by atoms with Crippen LogP contribution < -0.4 is 5.32 Å². The van der Waals surface area contributed by atoms with Gasteiger partial charge in [-0.25, -0.2) is 4.68 Å². The Morgan fingerprint density at radius 2 is 2.38 bits per heavy atom. The Kier molecular flexibility index (Phi) is 2.75. The van der Waals surface area contributed by atoms with E-state index in [0.29, 0.717) is 6.04 Å². The normalized spacial score (nSPS) is 16.4. The second-order valence-corrected chi connectivity index (χ2v) is 6.14. The molecule has 1 aliphatic rings. The van der Waals surface area contributed by atoms with E-state index in [9.17, 15) is 0 Å². The summed E-state index contributed by atoms with van der Waals surface area (Å²) in [6, 6.07) is 2.42. The maximum Gasteiger partial charge on any atom is 0.123 e. The first-order valence-corrected chi connectivity index (χ1v) is 6.80. The molecule has 0 aromatic carbocycles. The third-order valence-electron chi connectivity index (χ3n) is 2.54. The zero-order valence-corrected chi connectivity index (χ0v) is 11.3. The van der Waals surface area contributed by atoms with Crippen molar-refractivity contribution >= 4 is 38.9 Å². The number of hydrogen-bond donors (Lipinski definition) is 1. The predicted octanol–water partition coefficient (Wildman–Crippen LogP) is 2.57. The fourth-order valence-corrected chi connectivity index (χ4v) is 3.15. The van der Waals surface area contributed by atoms with E-state index in [1.54, 1.807) is 0 Å². The van der Waals surface area contributed by atoms with Gasteiger partial charge in [0.1, 0.15) is 10.0 Å². The van der Waals surface area contributed by atoms with Gasteiger partial charge in [-0.05, 0) is 22.0 Å². The van der Waals surface area contributed by atoms with Crippen LogP contribution in [0.25, 0.3) is 10.6 Å². The predicted molar refractivity (Wildman–Crippen MR) is 68.0 cm³/mol. The van der Waals surface area contributed by atoms with E-state index in [0.717, 1.165) is 32.5 Å². The Hall–Kier alpha value is -0.430. The molecule has 1 fully saturated rings. The van der Waals surface area contributed by atoms with Gasteiger partial charge in [0.05, 0.1) is 17.1 Å². The molecular formula is C9H8BrClN4S. The first-order valence-electron chi connectivity index (χ1n) is 4.82. The number of halogens is 2. The maximum absolute atomic E-state index is 5.99. The van der Waals surface area contributed by atoms with Crippen molar-refractivity contribution in [2.45, 2.75) is 6.04 Å². The summed E-state index contributed by atoms with van der Waals surface area (Å²) in [5.74, 6) is 0. The quantitative estimate of drug-likeness (QED) is 0.925. The lowest BCUT2D eigenvalue weighted by molar-refractivity contribution is 0.313. The van der Waals surface area contributed by atoms with Gasteiger partial charge in [0, 0.05) is 17.6 Å². The zero-order valence-electron chi connectivity index (χ0n) is 8.15. The van der Waals surface area contributed by atoms with Gasteiger partial charge in [-0.15, -0.1) is 16.4 Å². The molecule has 0 atom stereocenters. The molecule has 2 aromatic heterocycles. The summed E-state index contributed by atoms with van der Waals surface area (Å²) in [5, 5.41) is 11.5. The molecule has 0 unspecified atom stereocenters. The Morgan fingerprint density at radius 3 is 2.94 bits per heavy atom. The zero-order chi connectivity index (χ0) is 11.1. The minimum atomic E-state index is 0.445. The summed E-state index contributed by atoms with van der Waals surface area (Å²) >= 11 is 10.9. The molecule has 0 spiro atoms. The van der Waals surface area contributed by atoms with Gasteiger partial charge in [0.15, 0.2) is 0 Å². The molecule has 0 radical (unpaired) electrons. The van der Waals surface area contributed by atoms with Crippen LogP contribution in [0.5, 0.6) is 0 Å². The Bertz CT molecular complexity index is 500. The number of hydrogen-bond acceptors (Lipinski definition) is 4. The van der Waals surface area contributed by atoms with Crippen LogP contribution in [-0.4, -0.2) is 28.1 Å². The Balaban J connectivity index is 1.91. The van der Waals surface area contributed by atoms with E-state index in [1.807, 2.05) is 16.9 Å². The molecule has 1 N–H and O–H groups in total. The first kappa shape index (κ1) is 10.7. The highest BCUT2D eigenvalue weighted by Crippen LogP contribution is 2.37. The summed E-state index contributed by atoms with van der Waals surface area (Å²) in [6.07, 6.45) is 1.97. The van der Waals surface area contributed by atoms with Crippen LogP contribution in [-0.2, 0) is 0 Å². The molecule has 1 saturated heterocycles. The summed E-state index contributed by atoms with van der Waals surface area (Å²) in [6.45, 7) is 1.94. The molecule has 16 heavy (non-hydrogen) atoms. The van der Waals surface area contributed by atoms with Gasteiger partial charge < -0.3 is 5.32 Å². The van der Waals surface area contributed by atoms with E-state index in [-0.39, 0.29) is 0 Å². The topological polar surface area (TPSA) is 42.7 Å². The molecule has 3 heterocycles. The van der Waals surface area contributed by atoms with Crippen LogP contribution in [0.3, 0.4) is 0 Å². The van der Waals surface area contributed by atoms with Gasteiger partial charge in [-0.2, -0.15) is 0 Å². The molecule has 84 valence electrons. The second-order valence-electron chi connectivity index (χ2n) is 3.63. The summed E-state index contributed by atoms with van der Waals surface area (Å²) in [4.78, 5) is 1.04. The fourth-order valence-electron chi connectivity index (χ4n) is 1.50.